The minimum atomic E-state index is -0.659. The Bertz CT molecular complexity index is 1270. The summed E-state index contributed by atoms with van der Waals surface area (Å²) in [5.41, 5.74) is 7.81. The monoisotopic (exact) mass is 475 g/mol. The molecule has 9 nitrogen and oxygen atoms in total. The average molecular weight is 476 g/mol. The number of methoxy groups -OCH3 is 2. The van der Waals surface area contributed by atoms with Crippen molar-refractivity contribution in [1.29, 1.82) is 5.26 Å². The third-order valence-corrected chi connectivity index (χ3v) is 5.87. The summed E-state index contributed by atoms with van der Waals surface area (Å²) in [6, 6.07) is 14.2. The molecule has 35 heavy (non-hydrogen) atoms. The van der Waals surface area contributed by atoms with Gasteiger partial charge in [-0.25, -0.2) is 0 Å². The van der Waals surface area contributed by atoms with Crippen molar-refractivity contribution in [3.8, 4) is 23.3 Å². The molecular weight excluding hydrogens is 450 g/mol. The van der Waals surface area contributed by atoms with Gasteiger partial charge in [-0.3, -0.25) is 9.59 Å². The fourth-order valence-electron chi connectivity index (χ4n) is 4.25. The van der Waals surface area contributed by atoms with Crippen LogP contribution in [0.2, 0.25) is 0 Å². The highest BCUT2D eigenvalue weighted by Crippen LogP contribution is 2.45. The van der Waals surface area contributed by atoms with Crippen molar-refractivity contribution >= 4 is 17.4 Å². The van der Waals surface area contributed by atoms with Crippen molar-refractivity contribution in [2.24, 2.45) is 5.73 Å². The molecule has 0 spiro atoms. The van der Waals surface area contributed by atoms with E-state index in [1.807, 2.05) is 0 Å². The number of rotatable bonds is 7. The van der Waals surface area contributed by atoms with Crippen molar-refractivity contribution in [2.75, 3.05) is 26.1 Å². The van der Waals surface area contributed by atoms with Crippen LogP contribution in [-0.4, -0.2) is 32.5 Å². The fraction of sp³-hybridized carbons (Fsp3) is 0.269. The van der Waals surface area contributed by atoms with Gasteiger partial charge < -0.3 is 30.0 Å². The maximum atomic E-state index is 12.8. The number of Topliss-reactive ketones (excluding diaryl/α,β-unsaturated/α-hetero) is 1. The summed E-state index contributed by atoms with van der Waals surface area (Å²) < 4.78 is 22.0. The Hall–Kier alpha value is -4.45. The van der Waals surface area contributed by atoms with Gasteiger partial charge in [0.2, 0.25) is 5.88 Å². The highest BCUT2D eigenvalue weighted by Gasteiger charge is 2.38. The molecule has 4 rings (SSSR count). The molecule has 0 fully saturated rings. The van der Waals surface area contributed by atoms with Gasteiger partial charge in [0.1, 0.15) is 23.2 Å². The van der Waals surface area contributed by atoms with E-state index in [0.717, 1.165) is 0 Å². The van der Waals surface area contributed by atoms with E-state index in [4.69, 9.17) is 24.7 Å². The lowest BCUT2D eigenvalue weighted by Crippen LogP contribution is -2.27. The minimum Gasteiger partial charge on any atom is -0.495 e. The Morgan fingerprint density at radius 3 is 2.66 bits per heavy atom. The van der Waals surface area contributed by atoms with E-state index in [0.29, 0.717) is 59.1 Å². The number of nitrogens with zero attached hydrogens (tertiary/aromatic N) is 1. The molecular formula is C26H25N3O6. The first-order valence-electron chi connectivity index (χ1n) is 11.0. The molecule has 2 aromatic carbocycles. The first-order valence-corrected chi connectivity index (χ1v) is 11.0. The van der Waals surface area contributed by atoms with E-state index in [-0.39, 0.29) is 29.8 Å². The van der Waals surface area contributed by atoms with Crippen LogP contribution in [0.1, 0.15) is 30.7 Å². The summed E-state index contributed by atoms with van der Waals surface area (Å²) in [7, 11) is 2.99. The number of ether oxygens (including phenoxy) is 4. The van der Waals surface area contributed by atoms with E-state index in [1.165, 1.54) is 14.2 Å². The molecule has 2 aromatic rings. The van der Waals surface area contributed by atoms with Gasteiger partial charge in [0.15, 0.2) is 23.9 Å². The minimum absolute atomic E-state index is 0.00162. The van der Waals surface area contributed by atoms with Crippen molar-refractivity contribution in [2.45, 2.75) is 25.2 Å². The second-order valence-corrected chi connectivity index (χ2v) is 7.99. The van der Waals surface area contributed by atoms with Crippen molar-refractivity contribution < 1.29 is 28.5 Å². The molecule has 0 bridgehead atoms. The number of carbonyl (C=O) groups is 2. The average Bonchev–Trinajstić information content (AvgIpc) is 2.87. The topological polar surface area (TPSA) is 133 Å². The predicted octanol–water partition coefficient (Wildman–Crippen LogP) is 3.54. The van der Waals surface area contributed by atoms with Gasteiger partial charge in [0, 0.05) is 18.4 Å². The molecule has 0 unspecified atom stereocenters. The molecule has 1 aliphatic carbocycles. The second-order valence-electron chi connectivity index (χ2n) is 7.99. The summed E-state index contributed by atoms with van der Waals surface area (Å²) in [6.07, 6.45) is 1.64. The molecule has 0 aromatic heterocycles. The van der Waals surface area contributed by atoms with Crippen LogP contribution < -0.4 is 25.3 Å². The normalized spacial score (nSPS) is 17.2. The molecule has 3 N–H and O–H groups in total. The van der Waals surface area contributed by atoms with Gasteiger partial charge in [-0.05, 0) is 36.2 Å². The van der Waals surface area contributed by atoms with Crippen LogP contribution in [0.5, 0.6) is 17.2 Å². The first kappa shape index (κ1) is 23.7. The largest absolute Gasteiger partial charge is 0.495 e. The van der Waals surface area contributed by atoms with Gasteiger partial charge in [-0.2, -0.15) is 5.26 Å². The number of nitrogens with one attached hydrogen (secondary N) is 1. The Balaban J connectivity index is 1.56. The highest BCUT2D eigenvalue weighted by atomic mass is 16.5. The van der Waals surface area contributed by atoms with E-state index in [9.17, 15) is 14.9 Å². The molecule has 9 heteroatoms. The Morgan fingerprint density at radius 2 is 1.91 bits per heavy atom. The Kier molecular flexibility index (Phi) is 6.92. The molecule has 1 aliphatic heterocycles. The zero-order valence-electron chi connectivity index (χ0n) is 19.4. The molecule has 1 amide bonds. The number of para-hydroxylation sites is 2. The van der Waals surface area contributed by atoms with Crippen LogP contribution in [0.15, 0.2) is 65.3 Å². The first-order chi connectivity index (χ1) is 17.0. The molecule has 1 heterocycles. The van der Waals surface area contributed by atoms with Crippen LogP contribution in [-0.2, 0) is 14.3 Å². The number of hydrogen-bond donors (Lipinski definition) is 2. The van der Waals surface area contributed by atoms with Crippen LogP contribution in [0.4, 0.5) is 5.69 Å². The van der Waals surface area contributed by atoms with Crippen molar-refractivity contribution in [3.63, 3.8) is 0 Å². The molecule has 0 saturated carbocycles. The third kappa shape index (κ3) is 4.77. The number of allylic oxidation sites excluding steroid dienone is 3. The van der Waals surface area contributed by atoms with E-state index >= 15 is 0 Å². The zero-order valence-corrected chi connectivity index (χ0v) is 19.4. The number of benzene rings is 2. The molecule has 0 saturated heterocycles. The molecule has 2 aliphatic rings. The standard InChI is InChI=1S/C26H25N3O6/c1-32-19-8-4-3-6-17(19)29-23(31)14-34-20-11-10-15(12-22(20)33-2)24-16(13-27)26(28)35-21-9-5-7-18(30)25(21)24/h3-4,6,8,10-12,24H,5,7,9,14,28H2,1-2H3,(H,29,31)/t24-/m0/s1. The summed E-state index contributed by atoms with van der Waals surface area (Å²) in [5.74, 6) is 0.616. The maximum Gasteiger partial charge on any atom is 0.262 e. The Labute approximate surface area is 202 Å². The van der Waals surface area contributed by atoms with Crippen LogP contribution in [0, 0.1) is 11.3 Å². The number of anilines is 1. The molecule has 1 atom stereocenters. The summed E-state index contributed by atoms with van der Waals surface area (Å²) in [4.78, 5) is 25.2. The smallest absolute Gasteiger partial charge is 0.262 e. The summed E-state index contributed by atoms with van der Waals surface area (Å²) in [6.45, 7) is -0.269. The Morgan fingerprint density at radius 1 is 1.14 bits per heavy atom. The number of amides is 1. The molecule has 180 valence electrons. The van der Waals surface area contributed by atoms with Crippen LogP contribution in [0.25, 0.3) is 0 Å². The number of nitriles is 1. The van der Waals surface area contributed by atoms with Crippen LogP contribution >= 0.6 is 0 Å². The lowest BCUT2D eigenvalue weighted by Gasteiger charge is -2.31. The van der Waals surface area contributed by atoms with E-state index in [2.05, 4.69) is 11.4 Å². The van der Waals surface area contributed by atoms with Gasteiger partial charge in [0.05, 0.1) is 25.8 Å². The highest BCUT2D eigenvalue weighted by molar-refractivity contribution is 5.99. The molecule has 0 radical (unpaired) electrons. The number of nitrogens with two attached hydrogens (primary N) is 1. The van der Waals surface area contributed by atoms with E-state index < -0.39 is 5.92 Å². The summed E-state index contributed by atoms with van der Waals surface area (Å²) in [5, 5.41) is 12.5. The van der Waals surface area contributed by atoms with Gasteiger partial charge >= 0.3 is 0 Å². The third-order valence-electron chi connectivity index (χ3n) is 5.87. The van der Waals surface area contributed by atoms with Gasteiger partial charge in [-0.15, -0.1) is 0 Å². The summed E-state index contributed by atoms with van der Waals surface area (Å²) >= 11 is 0. The second kappa shape index (κ2) is 10.2. The van der Waals surface area contributed by atoms with Gasteiger partial charge in [0.25, 0.3) is 5.91 Å². The lowest BCUT2D eigenvalue weighted by atomic mass is 9.77. The zero-order chi connectivity index (χ0) is 24.9. The number of ketones is 1. The van der Waals surface area contributed by atoms with E-state index in [1.54, 1.807) is 42.5 Å². The lowest BCUT2D eigenvalue weighted by molar-refractivity contribution is -0.118. The quantitative estimate of drug-likeness (QED) is 0.621. The van der Waals surface area contributed by atoms with Crippen molar-refractivity contribution in [3.05, 3.63) is 70.8 Å². The fourth-order valence-corrected chi connectivity index (χ4v) is 4.25. The predicted molar refractivity (Wildman–Crippen MR) is 127 cm³/mol. The van der Waals surface area contributed by atoms with Crippen molar-refractivity contribution in [1.82, 2.24) is 0 Å². The number of carbonyl (C=O) groups excluding carboxylic acids is 2. The number of hydrogen-bond acceptors (Lipinski definition) is 8. The van der Waals surface area contributed by atoms with Gasteiger partial charge in [-0.1, -0.05) is 18.2 Å². The maximum absolute atomic E-state index is 12.8. The van der Waals surface area contributed by atoms with Crippen LogP contribution in [0.3, 0.4) is 0 Å². The SMILES string of the molecule is COc1ccccc1NC(=O)COc1ccc([C@H]2C(C#N)=C(N)OC3=C2C(=O)CCC3)cc1OC.